The van der Waals surface area contributed by atoms with Gasteiger partial charge in [-0.25, -0.2) is 4.98 Å². The molecule has 1 saturated carbocycles. The number of carboxylic acids is 1. The second-order valence-corrected chi connectivity index (χ2v) is 4.51. The van der Waals surface area contributed by atoms with E-state index in [2.05, 4.69) is 20.9 Å². The minimum absolute atomic E-state index is 0.401. The molecule has 80 valence electrons. The number of carboxylic acid groups (broad SMARTS) is 1. The highest BCUT2D eigenvalue weighted by molar-refractivity contribution is 9.10. The molecular formula is C10H10BrNO3. The van der Waals surface area contributed by atoms with E-state index in [0.29, 0.717) is 24.3 Å². The van der Waals surface area contributed by atoms with Crippen molar-refractivity contribution in [3.8, 4) is 5.88 Å². The Bertz CT molecular complexity index is 415. The third-order valence-electron chi connectivity index (χ3n) is 2.69. The molecule has 4 nitrogen and oxygen atoms in total. The first-order chi connectivity index (χ1) is 7.10. The number of ether oxygens (including phenoxy) is 1. The molecule has 0 radical (unpaired) electrons. The monoisotopic (exact) mass is 271 g/mol. The summed E-state index contributed by atoms with van der Waals surface area (Å²) in [6.07, 6.45) is 2.90. The molecule has 1 N–H and O–H groups in total. The third-order valence-corrected chi connectivity index (χ3v) is 3.12. The van der Waals surface area contributed by atoms with Crippen LogP contribution >= 0.6 is 15.9 Å². The van der Waals surface area contributed by atoms with Gasteiger partial charge in [-0.3, -0.25) is 4.79 Å². The van der Waals surface area contributed by atoms with E-state index in [0.717, 1.165) is 4.47 Å². The highest BCUT2D eigenvalue weighted by atomic mass is 79.9. The van der Waals surface area contributed by atoms with Gasteiger partial charge in [0.1, 0.15) is 0 Å². The van der Waals surface area contributed by atoms with Gasteiger partial charge in [0.05, 0.1) is 12.5 Å². The Labute approximate surface area is 95.4 Å². The standard InChI is InChI=1S/C10H10BrNO3/c1-15-8-7(4-6(11)5-12-8)10(2-3-10)9(13)14/h4-5H,2-3H2,1H3,(H,13,14). The highest BCUT2D eigenvalue weighted by Crippen LogP contribution is 2.51. The van der Waals surface area contributed by atoms with Crippen LogP contribution < -0.4 is 4.74 Å². The fourth-order valence-electron chi connectivity index (χ4n) is 1.66. The largest absolute Gasteiger partial charge is 0.481 e. The summed E-state index contributed by atoms with van der Waals surface area (Å²) in [5.41, 5.74) is -0.117. The third kappa shape index (κ3) is 1.61. The van der Waals surface area contributed by atoms with E-state index in [-0.39, 0.29) is 0 Å². The molecule has 0 amide bonds. The van der Waals surface area contributed by atoms with Crippen molar-refractivity contribution in [2.24, 2.45) is 0 Å². The van der Waals surface area contributed by atoms with E-state index in [1.54, 1.807) is 12.3 Å². The summed E-state index contributed by atoms with van der Waals surface area (Å²) in [6, 6.07) is 1.77. The van der Waals surface area contributed by atoms with Crippen LogP contribution in [0, 0.1) is 0 Å². The van der Waals surface area contributed by atoms with Crippen LogP contribution in [0.3, 0.4) is 0 Å². The molecule has 1 aliphatic rings. The summed E-state index contributed by atoms with van der Waals surface area (Å²) in [7, 11) is 1.50. The Morgan fingerprint density at radius 3 is 2.80 bits per heavy atom. The number of halogens is 1. The molecule has 1 aliphatic carbocycles. The lowest BCUT2D eigenvalue weighted by Gasteiger charge is -2.13. The number of rotatable bonds is 3. The predicted octanol–water partition coefficient (Wildman–Crippen LogP) is 1.97. The lowest BCUT2D eigenvalue weighted by molar-refractivity contribution is -0.140. The maximum absolute atomic E-state index is 11.2. The Morgan fingerprint density at radius 1 is 1.67 bits per heavy atom. The minimum atomic E-state index is -0.805. The van der Waals surface area contributed by atoms with E-state index < -0.39 is 11.4 Å². The van der Waals surface area contributed by atoms with Gasteiger partial charge >= 0.3 is 5.97 Å². The van der Waals surface area contributed by atoms with Crippen LogP contribution in [0.25, 0.3) is 0 Å². The molecule has 1 fully saturated rings. The molecule has 0 aromatic carbocycles. The van der Waals surface area contributed by atoms with E-state index >= 15 is 0 Å². The molecule has 1 heterocycles. The van der Waals surface area contributed by atoms with Crippen molar-refractivity contribution in [1.29, 1.82) is 0 Å². The van der Waals surface area contributed by atoms with E-state index in [9.17, 15) is 4.79 Å². The average Bonchev–Trinajstić information content (AvgIpc) is 2.98. The first-order valence-electron chi connectivity index (χ1n) is 4.53. The van der Waals surface area contributed by atoms with Gasteiger partial charge in [0.15, 0.2) is 0 Å². The second kappa shape index (κ2) is 3.48. The average molecular weight is 272 g/mol. The normalized spacial score (nSPS) is 17.2. The van der Waals surface area contributed by atoms with Crippen LogP contribution in [0.2, 0.25) is 0 Å². The SMILES string of the molecule is COc1ncc(Br)cc1C1(C(=O)O)CC1. The molecule has 0 saturated heterocycles. The van der Waals surface area contributed by atoms with Crippen LogP contribution in [0.5, 0.6) is 5.88 Å². The van der Waals surface area contributed by atoms with Crippen molar-refractivity contribution < 1.29 is 14.6 Å². The number of pyridine rings is 1. The van der Waals surface area contributed by atoms with Gasteiger partial charge in [0, 0.05) is 16.2 Å². The molecule has 0 unspecified atom stereocenters. The summed E-state index contributed by atoms with van der Waals surface area (Å²) in [4.78, 5) is 15.2. The summed E-state index contributed by atoms with van der Waals surface area (Å²) in [5.74, 6) is -0.404. The number of nitrogens with zero attached hydrogens (tertiary/aromatic N) is 1. The summed E-state index contributed by atoms with van der Waals surface area (Å²) in [6.45, 7) is 0. The number of aromatic nitrogens is 1. The fourth-order valence-corrected chi connectivity index (χ4v) is 1.99. The molecule has 0 atom stereocenters. The van der Waals surface area contributed by atoms with Gasteiger partial charge in [0.25, 0.3) is 0 Å². The minimum Gasteiger partial charge on any atom is -0.481 e. The topological polar surface area (TPSA) is 59.4 Å². The zero-order valence-corrected chi connectivity index (χ0v) is 9.74. The summed E-state index contributed by atoms with van der Waals surface area (Å²) in [5, 5.41) is 9.17. The molecule has 1 aromatic heterocycles. The lowest BCUT2D eigenvalue weighted by atomic mass is 9.97. The Balaban J connectivity index is 2.51. The van der Waals surface area contributed by atoms with Crippen LogP contribution in [0.15, 0.2) is 16.7 Å². The van der Waals surface area contributed by atoms with Crippen molar-refractivity contribution in [2.45, 2.75) is 18.3 Å². The first kappa shape index (κ1) is 10.4. The smallest absolute Gasteiger partial charge is 0.314 e. The molecule has 0 spiro atoms. The first-order valence-corrected chi connectivity index (χ1v) is 5.33. The maximum Gasteiger partial charge on any atom is 0.314 e. The Hall–Kier alpha value is -1.10. The molecule has 1 aromatic rings. The van der Waals surface area contributed by atoms with Gasteiger partial charge in [-0.2, -0.15) is 0 Å². The van der Waals surface area contributed by atoms with Crippen molar-refractivity contribution >= 4 is 21.9 Å². The van der Waals surface area contributed by atoms with E-state index in [1.807, 2.05) is 0 Å². The van der Waals surface area contributed by atoms with Gasteiger partial charge < -0.3 is 9.84 Å². The highest BCUT2D eigenvalue weighted by Gasteiger charge is 2.53. The lowest BCUT2D eigenvalue weighted by Crippen LogP contribution is -2.20. The molecule has 0 bridgehead atoms. The fraction of sp³-hybridized carbons (Fsp3) is 0.400. The van der Waals surface area contributed by atoms with Gasteiger partial charge in [-0.05, 0) is 34.8 Å². The Morgan fingerprint density at radius 2 is 2.33 bits per heavy atom. The second-order valence-electron chi connectivity index (χ2n) is 3.60. The van der Waals surface area contributed by atoms with Crippen LogP contribution in [-0.4, -0.2) is 23.2 Å². The van der Waals surface area contributed by atoms with Crippen LogP contribution in [0.4, 0.5) is 0 Å². The maximum atomic E-state index is 11.2. The van der Waals surface area contributed by atoms with Gasteiger partial charge in [-0.1, -0.05) is 0 Å². The zero-order chi connectivity index (χ0) is 11.1. The number of aliphatic carboxylic acids is 1. The number of hydrogen-bond donors (Lipinski definition) is 1. The molecule has 0 aliphatic heterocycles. The molecule has 2 rings (SSSR count). The summed E-state index contributed by atoms with van der Waals surface area (Å²) < 4.78 is 5.85. The molecule has 5 heteroatoms. The number of methoxy groups -OCH3 is 1. The number of hydrogen-bond acceptors (Lipinski definition) is 3. The number of carbonyl (C=O) groups is 1. The zero-order valence-electron chi connectivity index (χ0n) is 8.16. The van der Waals surface area contributed by atoms with Gasteiger partial charge in [-0.15, -0.1) is 0 Å². The van der Waals surface area contributed by atoms with Crippen molar-refractivity contribution in [3.05, 3.63) is 22.3 Å². The molecular weight excluding hydrogens is 262 g/mol. The summed E-state index contributed by atoms with van der Waals surface area (Å²) >= 11 is 3.28. The van der Waals surface area contributed by atoms with Crippen molar-refractivity contribution in [3.63, 3.8) is 0 Å². The van der Waals surface area contributed by atoms with E-state index in [1.165, 1.54) is 7.11 Å². The quantitative estimate of drug-likeness (QED) is 0.913. The van der Waals surface area contributed by atoms with E-state index in [4.69, 9.17) is 9.84 Å². The predicted molar refractivity (Wildman–Crippen MR) is 57.0 cm³/mol. The van der Waals surface area contributed by atoms with Gasteiger partial charge in [0.2, 0.25) is 5.88 Å². The van der Waals surface area contributed by atoms with Crippen LogP contribution in [-0.2, 0) is 10.2 Å². The van der Waals surface area contributed by atoms with Crippen molar-refractivity contribution in [2.75, 3.05) is 7.11 Å². The van der Waals surface area contributed by atoms with Crippen LogP contribution in [0.1, 0.15) is 18.4 Å². The Kier molecular flexibility index (Phi) is 2.42. The van der Waals surface area contributed by atoms with Crippen molar-refractivity contribution in [1.82, 2.24) is 4.98 Å². The molecule has 15 heavy (non-hydrogen) atoms.